The van der Waals surface area contributed by atoms with Crippen molar-refractivity contribution in [2.75, 3.05) is 13.2 Å². The molecular formula is C43H76O6. The van der Waals surface area contributed by atoms with Crippen molar-refractivity contribution in [3.05, 3.63) is 48.6 Å². The minimum absolute atomic E-state index is 0.102. The van der Waals surface area contributed by atoms with Crippen LogP contribution in [0.5, 0.6) is 0 Å². The quantitative estimate of drug-likeness (QED) is 0.0391. The van der Waals surface area contributed by atoms with Crippen LogP contribution in [0.2, 0.25) is 0 Å². The van der Waals surface area contributed by atoms with Gasteiger partial charge < -0.3 is 19.7 Å². The maximum atomic E-state index is 12.2. The van der Waals surface area contributed by atoms with Crippen molar-refractivity contribution in [1.82, 2.24) is 0 Å². The molecule has 0 heterocycles. The summed E-state index contributed by atoms with van der Waals surface area (Å²) in [6.45, 7) is 5.99. The second kappa shape index (κ2) is 37.1. The highest BCUT2D eigenvalue weighted by molar-refractivity contribution is 5.70. The molecule has 0 aromatic carbocycles. The Morgan fingerprint density at radius 1 is 0.531 bits per heavy atom. The Labute approximate surface area is 301 Å². The first-order valence-corrected chi connectivity index (χ1v) is 20.1. The molecule has 0 bridgehead atoms. The molecule has 2 atom stereocenters. The predicted octanol–water partition coefficient (Wildman–Crippen LogP) is 11.4. The van der Waals surface area contributed by atoms with E-state index in [-0.39, 0.29) is 31.3 Å². The van der Waals surface area contributed by atoms with E-state index in [4.69, 9.17) is 9.47 Å². The Balaban J connectivity index is 3.65. The zero-order valence-corrected chi connectivity index (χ0v) is 32.0. The Bertz CT molecular complexity index is 856. The SMILES string of the molecule is CC(C)CCCCCCCCCCCCCCCCC(=O)O[C@@H](CO)COC(=O)CCC/C=C\C/C=C\C/C=C\C/C=C\CCC[C@@H](C)O. The highest BCUT2D eigenvalue weighted by Gasteiger charge is 2.16. The number of hydrogen-bond acceptors (Lipinski definition) is 6. The highest BCUT2D eigenvalue weighted by Crippen LogP contribution is 2.15. The smallest absolute Gasteiger partial charge is 0.306 e. The van der Waals surface area contributed by atoms with E-state index in [1.165, 1.54) is 77.0 Å². The fraction of sp³-hybridized carbons (Fsp3) is 0.767. The molecule has 0 fully saturated rings. The summed E-state index contributed by atoms with van der Waals surface area (Å²) in [4.78, 5) is 24.2. The van der Waals surface area contributed by atoms with Crippen molar-refractivity contribution in [3.63, 3.8) is 0 Å². The topological polar surface area (TPSA) is 93.1 Å². The van der Waals surface area contributed by atoms with E-state index in [1.54, 1.807) is 0 Å². The molecule has 0 aliphatic rings. The molecule has 0 radical (unpaired) electrons. The number of allylic oxidation sites excluding steroid dienone is 8. The van der Waals surface area contributed by atoms with Crippen molar-refractivity contribution in [2.24, 2.45) is 5.92 Å². The zero-order valence-electron chi connectivity index (χ0n) is 32.0. The van der Waals surface area contributed by atoms with Crippen LogP contribution in [0.25, 0.3) is 0 Å². The lowest BCUT2D eigenvalue weighted by atomic mass is 10.0. The number of hydrogen-bond donors (Lipinski definition) is 2. The number of unbranched alkanes of at least 4 members (excludes halogenated alkanes) is 15. The summed E-state index contributed by atoms with van der Waals surface area (Å²) in [5.74, 6) is 0.173. The molecular weight excluding hydrogens is 612 g/mol. The molecule has 0 aromatic rings. The van der Waals surface area contributed by atoms with E-state index in [0.717, 1.165) is 70.1 Å². The molecule has 0 unspecified atom stereocenters. The third-order valence-electron chi connectivity index (χ3n) is 8.57. The van der Waals surface area contributed by atoms with Gasteiger partial charge in [-0.15, -0.1) is 0 Å². The van der Waals surface area contributed by atoms with Crippen LogP contribution < -0.4 is 0 Å². The molecule has 0 amide bonds. The summed E-state index contributed by atoms with van der Waals surface area (Å²) in [5, 5.41) is 18.8. The number of esters is 2. The average molecular weight is 689 g/mol. The molecule has 0 aromatic heterocycles. The van der Waals surface area contributed by atoms with Gasteiger partial charge in [0.25, 0.3) is 0 Å². The van der Waals surface area contributed by atoms with Crippen molar-refractivity contribution >= 4 is 11.9 Å². The van der Waals surface area contributed by atoms with Gasteiger partial charge in [0.15, 0.2) is 6.10 Å². The van der Waals surface area contributed by atoms with Crippen LogP contribution in [0.15, 0.2) is 48.6 Å². The standard InChI is InChI=1S/C43H76O6/c1-39(2)33-29-25-21-17-13-9-7-8-12-16-20-24-28-32-36-43(47)49-41(37-44)38-48-42(46)35-31-27-23-19-15-11-6-4-5-10-14-18-22-26-30-34-40(3)45/h5-6,10-11,18-19,22-23,39-41,44-45H,4,7-9,12-17,20-21,24-38H2,1-3H3/b10-5-,11-6-,22-18-,23-19-/t40-,41+/m1/s1. The Hall–Kier alpha value is -2.18. The Kier molecular flexibility index (Phi) is 35.4. The minimum atomic E-state index is -0.800. The van der Waals surface area contributed by atoms with Crippen molar-refractivity contribution < 1.29 is 29.3 Å². The van der Waals surface area contributed by atoms with E-state index >= 15 is 0 Å². The largest absolute Gasteiger partial charge is 0.462 e. The number of aliphatic hydroxyl groups excluding tert-OH is 2. The summed E-state index contributed by atoms with van der Waals surface area (Å²) in [6, 6.07) is 0. The first-order chi connectivity index (χ1) is 23.8. The van der Waals surface area contributed by atoms with Gasteiger partial charge in [-0.3, -0.25) is 9.59 Å². The Morgan fingerprint density at radius 2 is 0.959 bits per heavy atom. The van der Waals surface area contributed by atoms with Gasteiger partial charge in [0.2, 0.25) is 0 Å². The fourth-order valence-corrected chi connectivity index (χ4v) is 5.51. The second-order valence-corrected chi connectivity index (χ2v) is 14.1. The van der Waals surface area contributed by atoms with Crippen LogP contribution in [0, 0.1) is 5.92 Å². The van der Waals surface area contributed by atoms with Crippen LogP contribution in [-0.4, -0.2) is 47.6 Å². The normalized spacial score (nSPS) is 13.4. The summed E-state index contributed by atoms with van der Waals surface area (Å²) in [7, 11) is 0. The number of rotatable bonds is 35. The Morgan fingerprint density at radius 3 is 1.43 bits per heavy atom. The maximum Gasteiger partial charge on any atom is 0.306 e. The lowest BCUT2D eigenvalue weighted by Gasteiger charge is -2.15. The van der Waals surface area contributed by atoms with Crippen LogP contribution >= 0.6 is 0 Å². The molecule has 0 saturated carbocycles. The van der Waals surface area contributed by atoms with E-state index in [0.29, 0.717) is 19.3 Å². The number of carbonyl (C=O) groups is 2. The molecule has 6 heteroatoms. The molecule has 2 N–H and O–H groups in total. The molecule has 0 spiro atoms. The van der Waals surface area contributed by atoms with E-state index in [2.05, 4.69) is 62.5 Å². The first-order valence-electron chi connectivity index (χ1n) is 20.1. The van der Waals surface area contributed by atoms with Gasteiger partial charge in [0.05, 0.1) is 12.7 Å². The van der Waals surface area contributed by atoms with Crippen molar-refractivity contribution in [3.8, 4) is 0 Å². The first kappa shape index (κ1) is 46.8. The fourth-order valence-electron chi connectivity index (χ4n) is 5.51. The van der Waals surface area contributed by atoms with Crippen LogP contribution in [0.3, 0.4) is 0 Å². The molecule has 0 saturated heterocycles. The lowest BCUT2D eigenvalue weighted by molar-refractivity contribution is -0.161. The third-order valence-corrected chi connectivity index (χ3v) is 8.57. The van der Waals surface area contributed by atoms with Gasteiger partial charge in [0, 0.05) is 12.8 Å². The summed E-state index contributed by atoms with van der Waals surface area (Å²) < 4.78 is 10.6. The van der Waals surface area contributed by atoms with E-state index in [1.807, 2.05) is 6.92 Å². The van der Waals surface area contributed by atoms with Gasteiger partial charge >= 0.3 is 11.9 Å². The predicted molar refractivity (Wildman–Crippen MR) is 206 cm³/mol. The zero-order chi connectivity index (χ0) is 36.0. The average Bonchev–Trinajstić information content (AvgIpc) is 3.07. The molecule has 0 rings (SSSR count). The molecule has 49 heavy (non-hydrogen) atoms. The van der Waals surface area contributed by atoms with Crippen LogP contribution in [0.1, 0.15) is 181 Å². The third kappa shape index (κ3) is 38.5. The molecule has 0 aliphatic heterocycles. The monoisotopic (exact) mass is 689 g/mol. The second-order valence-electron chi connectivity index (χ2n) is 14.1. The minimum Gasteiger partial charge on any atom is -0.462 e. The molecule has 6 nitrogen and oxygen atoms in total. The number of carbonyl (C=O) groups excluding carboxylic acids is 2. The van der Waals surface area contributed by atoms with Gasteiger partial charge in [-0.2, -0.15) is 0 Å². The number of aliphatic hydroxyl groups is 2. The van der Waals surface area contributed by atoms with Crippen molar-refractivity contribution in [1.29, 1.82) is 0 Å². The van der Waals surface area contributed by atoms with Gasteiger partial charge in [-0.25, -0.2) is 0 Å². The maximum absolute atomic E-state index is 12.2. The van der Waals surface area contributed by atoms with Crippen molar-refractivity contribution in [2.45, 2.75) is 193 Å². The van der Waals surface area contributed by atoms with Gasteiger partial charge in [0.1, 0.15) is 6.61 Å². The van der Waals surface area contributed by atoms with Gasteiger partial charge in [-0.05, 0) is 70.6 Å². The summed E-state index contributed by atoms with van der Waals surface area (Å²) >= 11 is 0. The van der Waals surface area contributed by atoms with E-state index in [9.17, 15) is 19.8 Å². The number of ether oxygens (including phenoxy) is 2. The molecule has 0 aliphatic carbocycles. The highest BCUT2D eigenvalue weighted by atomic mass is 16.6. The molecule has 284 valence electrons. The van der Waals surface area contributed by atoms with Gasteiger partial charge in [-0.1, -0.05) is 152 Å². The van der Waals surface area contributed by atoms with Crippen LogP contribution in [-0.2, 0) is 19.1 Å². The summed E-state index contributed by atoms with van der Waals surface area (Å²) in [6.07, 6.45) is 43.1. The lowest BCUT2D eigenvalue weighted by Crippen LogP contribution is -2.28. The van der Waals surface area contributed by atoms with E-state index < -0.39 is 6.10 Å². The van der Waals surface area contributed by atoms with Crippen LogP contribution in [0.4, 0.5) is 0 Å². The summed E-state index contributed by atoms with van der Waals surface area (Å²) in [5.41, 5.74) is 0.